The molecule has 0 saturated carbocycles. The average Bonchev–Trinajstić information content (AvgIpc) is 2.98. The topological polar surface area (TPSA) is 49.3 Å². The van der Waals surface area contributed by atoms with E-state index in [1.807, 2.05) is 152 Å². The fourth-order valence-electron chi connectivity index (χ4n) is 4.88. The lowest BCUT2D eigenvalue weighted by Gasteiger charge is -2.40. The molecule has 0 aliphatic rings. The maximum Gasteiger partial charge on any atom is 0.205 e. The first-order valence-electron chi connectivity index (χ1n) is 12.5. The molecule has 37 heavy (non-hydrogen) atoms. The van der Waals surface area contributed by atoms with Crippen molar-refractivity contribution in [3.8, 4) is 0 Å². The Morgan fingerprint density at radius 3 is 1.32 bits per heavy atom. The van der Waals surface area contributed by atoms with Crippen molar-refractivity contribution in [1.29, 1.82) is 0 Å². The van der Waals surface area contributed by atoms with E-state index >= 15 is 4.57 Å². The molecule has 5 aromatic carbocycles. The van der Waals surface area contributed by atoms with Crippen LogP contribution in [-0.2, 0) is 16.6 Å². The summed E-state index contributed by atoms with van der Waals surface area (Å²) in [7, 11) is -3.36. The van der Waals surface area contributed by atoms with Gasteiger partial charge in [0.05, 0.1) is 6.04 Å². The van der Waals surface area contributed by atoms with Gasteiger partial charge in [-0.15, -0.1) is 0 Å². The van der Waals surface area contributed by atoms with Crippen LogP contribution in [0.25, 0.3) is 0 Å². The maximum atomic E-state index is 15.1. The SMILES string of the molecule is O=P(N[C@@H](Cc1ccccc1)C(O)(c1ccccc1)c1ccccc1)(c1ccccc1)c1ccccc1. The van der Waals surface area contributed by atoms with Crippen molar-refractivity contribution in [3.05, 3.63) is 168 Å². The molecule has 0 aliphatic heterocycles. The summed E-state index contributed by atoms with van der Waals surface area (Å²) in [5.41, 5.74) is 1.06. The monoisotopic (exact) mass is 503 g/mol. The van der Waals surface area contributed by atoms with Gasteiger partial charge in [0.1, 0.15) is 5.60 Å². The fourth-order valence-corrected chi connectivity index (χ4v) is 7.38. The molecule has 0 aromatic heterocycles. The van der Waals surface area contributed by atoms with Gasteiger partial charge in [-0.2, -0.15) is 0 Å². The number of hydrogen-bond donors (Lipinski definition) is 2. The molecule has 0 unspecified atom stereocenters. The van der Waals surface area contributed by atoms with Gasteiger partial charge in [-0.3, -0.25) is 9.65 Å². The quantitative estimate of drug-likeness (QED) is 0.241. The van der Waals surface area contributed by atoms with Gasteiger partial charge in [-0.1, -0.05) is 127 Å². The second-order valence-electron chi connectivity index (χ2n) is 9.15. The highest BCUT2D eigenvalue weighted by atomic mass is 31.2. The van der Waals surface area contributed by atoms with Crippen molar-refractivity contribution < 1.29 is 9.67 Å². The number of rotatable bonds is 9. The van der Waals surface area contributed by atoms with Crippen LogP contribution in [0, 0.1) is 0 Å². The smallest absolute Gasteiger partial charge is 0.205 e. The van der Waals surface area contributed by atoms with Crippen molar-refractivity contribution >= 4 is 17.9 Å². The van der Waals surface area contributed by atoms with Gasteiger partial charge in [-0.25, -0.2) is 0 Å². The highest BCUT2D eigenvalue weighted by molar-refractivity contribution is 7.76. The molecule has 0 aliphatic carbocycles. The van der Waals surface area contributed by atoms with Crippen LogP contribution < -0.4 is 15.7 Å². The summed E-state index contributed by atoms with van der Waals surface area (Å²) < 4.78 is 15.1. The second-order valence-corrected chi connectivity index (χ2v) is 11.7. The van der Waals surface area contributed by atoms with Crippen LogP contribution in [0.5, 0.6) is 0 Å². The Morgan fingerprint density at radius 1 is 0.568 bits per heavy atom. The van der Waals surface area contributed by atoms with E-state index in [9.17, 15) is 5.11 Å². The molecular weight excluding hydrogens is 473 g/mol. The Labute approximate surface area is 218 Å². The minimum atomic E-state index is -3.36. The first-order chi connectivity index (χ1) is 18.1. The average molecular weight is 504 g/mol. The highest BCUT2D eigenvalue weighted by Crippen LogP contribution is 2.44. The Hall–Kier alpha value is -3.75. The van der Waals surface area contributed by atoms with Gasteiger partial charge in [0.2, 0.25) is 7.29 Å². The van der Waals surface area contributed by atoms with E-state index in [2.05, 4.69) is 5.09 Å². The van der Waals surface area contributed by atoms with Crippen LogP contribution in [0.1, 0.15) is 16.7 Å². The summed E-state index contributed by atoms with van der Waals surface area (Å²) in [5.74, 6) is 0. The zero-order valence-electron chi connectivity index (χ0n) is 20.5. The molecule has 3 nitrogen and oxygen atoms in total. The minimum Gasteiger partial charge on any atom is -0.379 e. The first kappa shape index (κ1) is 24.9. The Bertz CT molecular complexity index is 1360. The lowest BCUT2D eigenvalue weighted by Crippen LogP contribution is -2.51. The molecule has 2 N–H and O–H groups in total. The summed E-state index contributed by atoms with van der Waals surface area (Å²) in [5, 5.41) is 17.7. The summed E-state index contributed by atoms with van der Waals surface area (Å²) in [6, 6.07) is 47.8. The van der Waals surface area contributed by atoms with E-state index in [1.165, 1.54) is 0 Å². The standard InChI is InChI=1S/C33H30NO2P/c35-33(28-18-8-2-9-19-28,29-20-10-3-11-21-29)32(26-27-16-6-1-7-17-27)34-37(36,30-22-12-4-13-23-30)31-24-14-5-15-25-31/h1-25,32,35H,26H2,(H,34,36)/t32-/m0/s1. The first-order valence-corrected chi connectivity index (χ1v) is 14.2. The molecule has 0 spiro atoms. The Kier molecular flexibility index (Phi) is 7.48. The number of nitrogens with one attached hydrogen (secondary N) is 1. The molecule has 0 amide bonds. The van der Waals surface area contributed by atoms with E-state index in [1.54, 1.807) is 0 Å². The molecule has 0 heterocycles. The normalized spacial score (nSPS) is 12.7. The molecule has 4 heteroatoms. The predicted molar refractivity (Wildman–Crippen MR) is 153 cm³/mol. The zero-order chi connectivity index (χ0) is 25.6. The van der Waals surface area contributed by atoms with Crippen molar-refractivity contribution in [1.82, 2.24) is 5.09 Å². The van der Waals surface area contributed by atoms with Crippen LogP contribution in [0.4, 0.5) is 0 Å². The summed E-state index contributed by atoms with van der Waals surface area (Å²) in [6.07, 6.45) is 0.463. The molecule has 0 radical (unpaired) electrons. The fraction of sp³-hybridized carbons (Fsp3) is 0.0909. The molecule has 5 rings (SSSR count). The van der Waals surface area contributed by atoms with E-state index in [0.29, 0.717) is 17.0 Å². The number of hydrogen-bond acceptors (Lipinski definition) is 2. The Balaban J connectivity index is 1.72. The van der Waals surface area contributed by atoms with Gasteiger partial charge in [0.25, 0.3) is 0 Å². The van der Waals surface area contributed by atoms with Gasteiger partial charge in [-0.05, 0) is 47.4 Å². The lowest BCUT2D eigenvalue weighted by atomic mass is 9.78. The third-order valence-corrected chi connectivity index (χ3v) is 9.52. The molecular formula is C33H30NO2P. The molecule has 5 aromatic rings. The third-order valence-electron chi connectivity index (χ3n) is 6.79. The molecule has 0 bridgehead atoms. The van der Waals surface area contributed by atoms with Gasteiger partial charge in [0, 0.05) is 10.6 Å². The molecule has 0 saturated heterocycles. The van der Waals surface area contributed by atoms with E-state index in [4.69, 9.17) is 0 Å². The summed E-state index contributed by atoms with van der Waals surface area (Å²) >= 11 is 0. The van der Waals surface area contributed by atoms with Gasteiger partial charge < -0.3 is 5.11 Å². The largest absolute Gasteiger partial charge is 0.379 e. The maximum absolute atomic E-state index is 15.1. The molecule has 1 atom stereocenters. The highest BCUT2D eigenvalue weighted by Gasteiger charge is 2.44. The summed E-state index contributed by atoms with van der Waals surface area (Å²) in [4.78, 5) is 0. The van der Waals surface area contributed by atoms with Crippen LogP contribution in [0.3, 0.4) is 0 Å². The van der Waals surface area contributed by atoms with E-state index < -0.39 is 18.9 Å². The van der Waals surface area contributed by atoms with Crippen LogP contribution >= 0.6 is 7.29 Å². The van der Waals surface area contributed by atoms with Crippen molar-refractivity contribution in [3.63, 3.8) is 0 Å². The van der Waals surface area contributed by atoms with Crippen molar-refractivity contribution in [2.24, 2.45) is 0 Å². The Morgan fingerprint density at radius 2 is 0.919 bits per heavy atom. The number of aliphatic hydroxyl groups is 1. The van der Waals surface area contributed by atoms with Gasteiger partial charge >= 0.3 is 0 Å². The van der Waals surface area contributed by atoms with Gasteiger partial charge in [0.15, 0.2) is 0 Å². The van der Waals surface area contributed by atoms with E-state index in [-0.39, 0.29) is 0 Å². The second kappa shape index (κ2) is 11.1. The predicted octanol–water partition coefficient (Wildman–Crippen LogP) is 6.05. The van der Waals surface area contributed by atoms with Crippen LogP contribution in [-0.4, -0.2) is 11.1 Å². The van der Waals surface area contributed by atoms with Crippen molar-refractivity contribution in [2.45, 2.75) is 18.1 Å². The third kappa shape index (κ3) is 5.21. The van der Waals surface area contributed by atoms with E-state index in [0.717, 1.165) is 16.7 Å². The minimum absolute atomic E-state index is 0.463. The van der Waals surface area contributed by atoms with Crippen LogP contribution in [0.15, 0.2) is 152 Å². The van der Waals surface area contributed by atoms with Crippen molar-refractivity contribution in [2.75, 3.05) is 0 Å². The summed E-state index contributed by atoms with van der Waals surface area (Å²) in [6.45, 7) is 0. The lowest BCUT2D eigenvalue weighted by molar-refractivity contribution is 0.0455. The zero-order valence-corrected chi connectivity index (χ0v) is 21.4. The van der Waals surface area contributed by atoms with Crippen LogP contribution in [0.2, 0.25) is 0 Å². The molecule has 0 fully saturated rings. The number of benzene rings is 5. The molecule has 184 valence electrons.